The van der Waals surface area contributed by atoms with Crippen LogP contribution in [0.1, 0.15) is 55.2 Å². The zero-order chi connectivity index (χ0) is 21.8. The number of hydrogen-bond donors (Lipinski definition) is 1. The van der Waals surface area contributed by atoms with Gasteiger partial charge in [0.15, 0.2) is 17.3 Å². The molecule has 0 radical (unpaired) electrons. The third kappa shape index (κ3) is 3.15. The Labute approximate surface area is 183 Å². The van der Waals surface area contributed by atoms with E-state index in [4.69, 9.17) is 9.47 Å². The standard InChI is InChI=1S/C27H30O4/c1-27-11-10-21-20-8-6-19(30-2)14-17(20)5-7-22(21)23(27)15-18(26(27)29)12-16-4-9-24(28)25(13-16)31-3/h4,6,8-9,12-14,21-23,28H,5,7,10-11,15H2,1-3H3/t21-,22-,23+,27+/m1/s1. The summed E-state index contributed by atoms with van der Waals surface area (Å²) in [5, 5.41) is 9.88. The minimum atomic E-state index is -0.266. The molecular formula is C27H30O4. The monoisotopic (exact) mass is 418 g/mol. The number of aryl methyl sites for hydroxylation is 1. The maximum absolute atomic E-state index is 13.5. The maximum Gasteiger partial charge on any atom is 0.165 e. The lowest BCUT2D eigenvalue weighted by atomic mass is 9.55. The average Bonchev–Trinajstić information content (AvgIpc) is 3.04. The third-order valence-corrected chi connectivity index (χ3v) is 8.12. The molecule has 31 heavy (non-hydrogen) atoms. The van der Waals surface area contributed by atoms with Gasteiger partial charge in [-0.1, -0.05) is 19.1 Å². The van der Waals surface area contributed by atoms with Crippen LogP contribution in [-0.4, -0.2) is 25.1 Å². The molecule has 4 atom stereocenters. The van der Waals surface area contributed by atoms with Gasteiger partial charge in [0, 0.05) is 5.41 Å². The fraction of sp³-hybridized carbons (Fsp3) is 0.444. The molecule has 0 saturated heterocycles. The Balaban J connectivity index is 1.46. The summed E-state index contributed by atoms with van der Waals surface area (Å²) in [6.07, 6.45) is 7.06. The summed E-state index contributed by atoms with van der Waals surface area (Å²) in [6.45, 7) is 2.19. The summed E-state index contributed by atoms with van der Waals surface area (Å²) in [6, 6.07) is 11.8. The van der Waals surface area contributed by atoms with Gasteiger partial charge in [-0.25, -0.2) is 0 Å². The summed E-state index contributed by atoms with van der Waals surface area (Å²) in [5.74, 6) is 3.26. The number of ketones is 1. The summed E-state index contributed by atoms with van der Waals surface area (Å²) in [7, 11) is 3.26. The summed E-state index contributed by atoms with van der Waals surface area (Å²) in [5.41, 5.74) is 4.44. The van der Waals surface area contributed by atoms with E-state index in [1.54, 1.807) is 26.4 Å². The molecule has 0 aliphatic heterocycles. The molecule has 2 fully saturated rings. The number of phenols is 1. The van der Waals surface area contributed by atoms with E-state index in [0.717, 1.165) is 49.0 Å². The molecule has 0 bridgehead atoms. The van der Waals surface area contributed by atoms with Crippen LogP contribution in [-0.2, 0) is 11.2 Å². The molecule has 0 unspecified atom stereocenters. The number of hydrogen-bond acceptors (Lipinski definition) is 4. The van der Waals surface area contributed by atoms with Gasteiger partial charge in [-0.3, -0.25) is 4.79 Å². The van der Waals surface area contributed by atoms with Crippen molar-refractivity contribution in [3.05, 3.63) is 58.7 Å². The van der Waals surface area contributed by atoms with Crippen LogP contribution in [0.5, 0.6) is 17.2 Å². The predicted octanol–water partition coefficient (Wildman–Crippen LogP) is 5.53. The van der Waals surface area contributed by atoms with Crippen molar-refractivity contribution in [2.75, 3.05) is 14.2 Å². The fourth-order valence-electron chi connectivity index (χ4n) is 6.47. The lowest BCUT2D eigenvalue weighted by Gasteiger charge is -2.48. The number of Topliss-reactive ketones (excluding diaryl/α,β-unsaturated/α-hetero) is 1. The largest absolute Gasteiger partial charge is 0.504 e. The second-order valence-corrected chi connectivity index (χ2v) is 9.57. The van der Waals surface area contributed by atoms with Crippen molar-refractivity contribution >= 4 is 11.9 Å². The Bertz CT molecular complexity index is 1070. The maximum atomic E-state index is 13.5. The number of allylic oxidation sites excluding steroid dienone is 1. The van der Waals surface area contributed by atoms with Crippen molar-refractivity contribution in [2.24, 2.45) is 17.3 Å². The van der Waals surface area contributed by atoms with Gasteiger partial charge in [-0.05, 0) is 102 Å². The zero-order valence-electron chi connectivity index (χ0n) is 18.5. The molecule has 3 aliphatic rings. The predicted molar refractivity (Wildman–Crippen MR) is 121 cm³/mol. The van der Waals surface area contributed by atoms with Gasteiger partial charge in [-0.2, -0.15) is 0 Å². The van der Waals surface area contributed by atoms with Crippen LogP contribution in [0.4, 0.5) is 0 Å². The van der Waals surface area contributed by atoms with Gasteiger partial charge in [0.2, 0.25) is 0 Å². The Morgan fingerprint density at radius 1 is 1.10 bits per heavy atom. The highest BCUT2D eigenvalue weighted by molar-refractivity contribution is 6.06. The van der Waals surface area contributed by atoms with Gasteiger partial charge in [-0.15, -0.1) is 0 Å². The van der Waals surface area contributed by atoms with Crippen LogP contribution >= 0.6 is 0 Å². The highest BCUT2D eigenvalue weighted by Crippen LogP contribution is 2.61. The smallest absolute Gasteiger partial charge is 0.165 e. The van der Waals surface area contributed by atoms with Gasteiger partial charge in [0.05, 0.1) is 14.2 Å². The van der Waals surface area contributed by atoms with E-state index >= 15 is 0 Å². The molecule has 4 heteroatoms. The second-order valence-electron chi connectivity index (χ2n) is 9.57. The third-order valence-electron chi connectivity index (χ3n) is 8.12. The van der Waals surface area contributed by atoms with Crippen molar-refractivity contribution in [3.63, 3.8) is 0 Å². The number of phenolic OH excluding ortho intramolecular Hbond substituents is 1. The molecule has 0 heterocycles. The summed E-state index contributed by atoms with van der Waals surface area (Å²) >= 11 is 0. The van der Waals surface area contributed by atoms with E-state index in [1.807, 2.05) is 12.1 Å². The van der Waals surface area contributed by atoms with Gasteiger partial charge < -0.3 is 14.6 Å². The number of ether oxygens (including phenoxy) is 2. The van der Waals surface area contributed by atoms with E-state index in [-0.39, 0.29) is 11.2 Å². The first-order valence-electron chi connectivity index (χ1n) is 11.2. The highest BCUT2D eigenvalue weighted by atomic mass is 16.5. The molecule has 3 aliphatic carbocycles. The van der Waals surface area contributed by atoms with Crippen molar-refractivity contribution < 1.29 is 19.4 Å². The van der Waals surface area contributed by atoms with E-state index in [0.29, 0.717) is 29.3 Å². The molecule has 5 rings (SSSR count). The van der Waals surface area contributed by atoms with Gasteiger partial charge in [0.25, 0.3) is 0 Å². The minimum Gasteiger partial charge on any atom is -0.504 e. The molecule has 2 aromatic rings. The van der Waals surface area contributed by atoms with Crippen LogP contribution in [0, 0.1) is 17.3 Å². The van der Waals surface area contributed by atoms with Gasteiger partial charge >= 0.3 is 0 Å². The topological polar surface area (TPSA) is 55.8 Å². The minimum absolute atomic E-state index is 0.114. The SMILES string of the molecule is COc1ccc2c(c1)CC[C@@H]1[C@@H]2CC[C@]2(C)C(=O)C(=Cc3ccc(O)c(OC)c3)C[C@@H]12. The molecule has 0 amide bonds. The number of benzene rings is 2. The van der Waals surface area contributed by atoms with Crippen LogP contribution in [0.15, 0.2) is 42.0 Å². The lowest BCUT2D eigenvalue weighted by Crippen LogP contribution is -2.42. The molecule has 162 valence electrons. The van der Waals surface area contributed by atoms with E-state index < -0.39 is 0 Å². The first-order chi connectivity index (χ1) is 14.9. The Morgan fingerprint density at radius 3 is 2.71 bits per heavy atom. The molecule has 2 saturated carbocycles. The number of fused-ring (bicyclic) bond motifs is 5. The number of carbonyl (C=O) groups excluding carboxylic acids is 1. The lowest BCUT2D eigenvalue weighted by molar-refractivity contribution is -0.127. The van der Waals surface area contributed by atoms with E-state index in [9.17, 15) is 9.90 Å². The number of aromatic hydroxyl groups is 1. The number of carbonyl (C=O) groups is 1. The van der Waals surface area contributed by atoms with Crippen LogP contribution in [0.3, 0.4) is 0 Å². The Hall–Kier alpha value is -2.75. The zero-order valence-corrected chi connectivity index (χ0v) is 18.5. The summed E-state index contributed by atoms with van der Waals surface area (Å²) in [4.78, 5) is 13.5. The molecule has 0 aromatic heterocycles. The molecule has 4 nitrogen and oxygen atoms in total. The summed E-state index contributed by atoms with van der Waals surface area (Å²) < 4.78 is 10.7. The Morgan fingerprint density at radius 2 is 1.94 bits per heavy atom. The van der Waals surface area contributed by atoms with E-state index in [1.165, 1.54) is 11.1 Å². The van der Waals surface area contributed by atoms with Gasteiger partial charge in [0.1, 0.15) is 5.75 Å². The first kappa shape index (κ1) is 20.2. The van der Waals surface area contributed by atoms with Crippen molar-refractivity contribution in [1.29, 1.82) is 0 Å². The van der Waals surface area contributed by atoms with Crippen molar-refractivity contribution in [3.8, 4) is 17.2 Å². The van der Waals surface area contributed by atoms with E-state index in [2.05, 4.69) is 25.1 Å². The van der Waals surface area contributed by atoms with Crippen LogP contribution in [0.2, 0.25) is 0 Å². The molecule has 1 N–H and O–H groups in total. The average molecular weight is 419 g/mol. The first-order valence-corrected chi connectivity index (χ1v) is 11.2. The number of methoxy groups -OCH3 is 2. The normalized spacial score (nSPS) is 30.5. The highest BCUT2D eigenvalue weighted by Gasteiger charge is 2.56. The number of rotatable bonds is 3. The molecular weight excluding hydrogens is 388 g/mol. The van der Waals surface area contributed by atoms with Crippen molar-refractivity contribution in [1.82, 2.24) is 0 Å². The molecule has 2 aromatic carbocycles. The molecule has 0 spiro atoms. The van der Waals surface area contributed by atoms with Crippen LogP contribution < -0.4 is 9.47 Å². The Kier molecular flexibility index (Phi) is 4.84. The second kappa shape index (κ2) is 7.44. The fourth-order valence-corrected chi connectivity index (χ4v) is 6.47. The van der Waals surface area contributed by atoms with Crippen molar-refractivity contribution in [2.45, 2.75) is 44.9 Å². The quantitative estimate of drug-likeness (QED) is 0.666. The van der Waals surface area contributed by atoms with Crippen LogP contribution in [0.25, 0.3) is 6.08 Å².